The molecule has 1 atom stereocenters. The molecule has 0 aliphatic heterocycles. The fourth-order valence-electron chi connectivity index (χ4n) is 2.61. The van der Waals surface area contributed by atoms with Gasteiger partial charge in [-0.25, -0.2) is 19.2 Å². The van der Waals surface area contributed by atoms with Gasteiger partial charge >= 0.3 is 23.9 Å². The largest absolute Gasteiger partial charge is 0.478 e. The van der Waals surface area contributed by atoms with E-state index < -0.39 is 17.9 Å². The van der Waals surface area contributed by atoms with E-state index >= 15 is 0 Å². The number of hydrogen-bond donors (Lipinski definition) is 2. The molecule has 186 valence electrons. The van der Waals surface area contributed by atoms with Crippen LogP contribution in [0.1, 0.15) is 66.2 Å². The number of ether oxygens (including phenoxy) is 2. The minimum Gasteiger partial charge on any atom is -0.478 e. The molecule has 2 N–H and O–H groups in total. The normalized spacial score (nSPS) is 12.4. The highest BCUT2D eigenvalue weighted by Gasteiger charge is 2.16. The summed E-state index contributed by atoms with van der Waals surface area (Å²) in [5, 5.41) is 17.2. The average Bonchev–Trinajstić information content (AvgIpc) is 2.77. The molecule has 8 heteroatoms. The van der Waals surface area contributed by atoms with Crippen LogP contribution in [0.25, 0.3) is 0 Å². The molecule has 1 unspecified atom stereocenters. The molecule has 0 aromatic carbocycles. The first-order valence-electron chi connectivity index (χ1n) is 11.1. The third kappa shape index (κ3) is 18.1. The smallest absolute Gasteiger partial charge is 0.333 e. The summed E-state index contributed by atoms with van der Waals surface area (Å²) in [6.07, 6.45) is 11.4. The second-order valence-electron chi connectivity index (χ2n) is 6.95. The standard InChI is InChI=1S/C19H30O4.C6H8O4/c1-5-9-11-15(7-3)14-17(19(22)23-8-4)13-12-16(10-6-2)18(20)21;1-2-10-6(9)4-3-5(7)8/h6,12-13,15H,2,5,7-11,14H2,1,3-4H3,(H,20,21);3-4H,2H2,1H3,(H,7,8)/b;4-3-. The molecule has 0 amide bonds. The number of unbranched alkanes of at least 4 members (excludes halogenated alkanes) is 1. The molecule has 0 spiro atoms. The minimum atomic E-state index is -1.16. The number of rotatable bonds is 15. The lowest BCUT2D eigenvalue weighted by molar-refractivity contribution is -0.139. The van der Waals surface area contributed by atoms with Crippen molar-refractivity contribution in [3.05, 3.63) is 48.1 Å². The highest BCUT2D eigenvalue weighted by Crippen LogP contribution is 2.22. The van der Waals surface area contributed by atoms with Crippen LogP contribution in [-0.4, -0.2) is 47.3 Å². The molecule has 8 nitrogen and oxygen atoms in total. The van der Waals surface area contributed by atoms with Crippen LogP contribution in [0.5, 0.6) is 0 Å². The van der Waals surface area contributed by atoms with Crippen molar-refractivity contribution in [2.24, 2.45) is 5.92 Å². The van der Waals surface area contributed by atoms with Crippen molar-refractivity contribution < 1.29 is 38.9 Å². The van der Waals surface area contributed by atoms with Gasteiger partial charge in [0, 0.05) is 23.3 Å². The number of aliphatic carboxylic acids is 2. The van der Waals surface area contributed by atoms with Crippen LogP contribution >= 0.6 is 0 Å². The molecule has 0 aromatic heterocycles. The molecule has 0 heterocycles. The second-order valence-corrected chi connectivity index (χ2v) is 6.95. The number of carbonyl (C=O) groups is 4. The highest BCUT2D eigenvalue weighted by atomic mass is 16.5. The number of carboxylic acids is 2. The number of allylic oxidation sites excluding steroid dienone is 3. The Hall–Kier alpha value is -3.16. The zero-order chi connectivity index (χ0) is 25.6. The van der Waals surface area contributed by atoms with Gasteiger partial charge < -0.3 is 19.7 Å². The third-order valence-corrected chi connectivity index (χ3v) is 4.36. The second kappa shape index (κ2) is 20.7. The van der Waals surface area contributed by atoms with E-state index in [9.17, 15) is 19.2 Å². The van der Waals surface area contributed by atoms with Crippen molar-refractivity contribution in [1.29, 1.82) is 0 Å². The van der Waals surface area contributed by atoms with Crippen LogP contribution in [0.3, 0.4) is 0 Å². The maximum absolute atomic E-state index is 12.1. The van der Waals surface area contributed by atoms with Crippen LogP contribution in [0, 0.1) is 5.92 Å². The first-order chi connectivity index (χ1) is 15.7. The van der Waals surface area contributed by atoms with Crippen molar-refractivity contribution in [1.82, 2.24) is 0 Å². The first-order valence-corrected chi connectivity index (χ1v) is 11.1. The maximum Gasteiger partial charge on any atom is 0.333 e. The van der Waals surface area contributed by atoms with Crippen molar-refractivity contribution in [2.75, 3.05) is 13.2 Å². The fraction of sp³-hybridized carbons (Fsp3) is 0.520. The van der Waals surface area contributed by atoms with E-state index in [1.165, 1.54) is 12.2 Å². The summed E-state index contributed by atoms with van der Waals surface area (Å²) in [7, 11) is 0. The molecule has 0 saturated carbocycles. The van der Waals surface area contributed by atoms with Crippen molar-refractivity contribution in [2.45, 2.75) is 66.2 Å². The van der Waals surface area contributed by atoms with Gasteiger partial charge in [-0.1, -0.05) is 57.8 Å². The molecule has 0 aliphatic carbocycles. The Morgan fingerprint density at radius 2 is 1.52 bits per heavy atom. The fourth-order valence-corrected chi connectivity index (χ4v) is 2.61. The van der Waals surface area contributed by atoms with E-state index in [1.807, 2.05) is 0 Å². The SMILES string of the molecule is C=CCC(=CC=C(CC(CC)CCCC)C(=O)OCC)C(=O)O.CCOC(=O)/C=C\C(=O)O. The van der Waals surface area contributed by atoms with Crippen molar-refractivity contribution in [3.63, 3.8) is 0 Å². The summed E-state index contributed by atoms with van der Waals surface area (Å²) in [4.78, 5) is 43.5. The van der Waals surface area contributed by atoms with Gasteiger partial charge in [-0.15, -0.1) is 6.58 Å². The summed E-state index contributed by atoms with van der Waals surface area (Å²) in [5.41, 5.74) is 0.751. The van der Waals surface area contributed by atoms with E-state index in [2.05, 4.69) is 25.2 Å². The Balaban J connectivity index is 0. The van der Waals surface area contributed by atoms with Crippen molar-refractivity contribution in [3.8, 4) is 0 Å². The molecular formula is C25H38O8. The van der Waals surface area contributed by atoms with E-state index in [0.717, 1.165) is 37.8 Å². The molecular weight excluding hydrogens is 428 g/mol. The molecule has 0 aromatic rings. The van der Waals surface area contributed by atoms with Gasteiger partial charge in [0.15, 0.2) is 0 Å². The average molecular weight is 467 g/mol. The summed E-state index contributed by atoms with van der Waals surface area (Å²) in [5.74, 6) is -2.74. The molecule has 0 fully saturated rings. The molecule has 33 heavy (non-hydrogen) atoms. The lowest BCUT2D eigenvalue weighted by atomic mass is 9.91. The van der Waals surface area contributed by atoms with Crippen LogP contribution in [0.4, 0.5) is 0 Å². The van der Waals surface area contributed by atoms with E-state index in [1.54, 1.807) is 19.9 Å². The zero-order valence-electron chi connectivity index (χ0n) is 20.2. The summed E-state index contributed by atoms with van der Waals surface area (Å²) >= 11 is 0. The molecule has 0 aliphatic rings. The van der Waals surface area contributed by atoms with Gasteiger partial charge in [-0.3, -0.25) is 0 Å². The third-order valence-electron chi connectivity index (χ3n) is 4.36. The Morgan fingerprint density at radius 1 is 0.909 bits per heavy atom. The lowest BCUT2D eigenvalue weighted by Gasteiger charge is -2.16. The first kappa shape index (κ1) is 32.0. The van der Waals surface area contributed by atoms with Gasteiger partial charge in [0.1, 0.15) is 0 Å². The van der Waals surface area contributed by atoms with Gasteiger partial charge in [0.2, 0.25) is 0 Å². The highest BCUT2D eigenvalue weighted by molar-refractivity contribution is 5.91. The van der Waals surface area contributed by atoms with Gasteiger partial charge in [0.05, 0.1) is 13.2 Å². The lowest BCUT2D eigenvalue weighted by Crippen LogP contribution is -2.12. The van der Waals surface area contributed by atoms with Crippen molar-refractivity contribution >= 4 is 23.9 Å². The van der Waals surface area contributed by atoms with Crippen LogP contribution in [0.2, 0.25) is 0 Å². The zero-order valence-corrected chi connectivity index (χ0v) is 20.2. The Labute approximate surface area is 196 Å². The van der Waals surface area contributed by atoms with Gasteiger partial charge in [0.25, 0.3) is 0 Å². The summed E-state index contributed by atoms with van der Waals surface area (Å²) in [6.45, 7) is 11.8. The van der Waals surface area contributed by atoms with Crippen LogP contribution in [0.15, 0.2) is 48.1 Å². The summed E-state index contributed by atoms with van der Waals surface area (Å²) < 4.78 is 9.51. The molecule has 0 rings (SSSR count). The maximum atomic E-state index is 12.1. The van der Waals surface area contributed by atoms with Gasteiger partial charge in [-0.2, -0.15) is 0 Å². The Kier molecular flexibility index (Phi) is 20.1. The molecule has 0 saturated heterocycles. The van der Waals surface area contributed by atoms with Gasteiger partial charge in [-0.05, 0) is 32.6 Å². The minimum absolute atomic E-state index is 0.211. The number of esters is 2. The number of carbonyl (C=O) groups excluding carboxylic acids is 2. The van der Waals surface area contributed by atoms with E-state index in [-0.39, 0.29) is 24.6 Å². The topological polar surface area (TPSA) is 127 Å². The van der Waals surface area contributed by atoms with E-state index in [0.29, 0.717) is 24.5 Å². The molecule has 0 bridgehead atoms. The Bertz CT molecular complexity index is 716. The predicted molar refractivity (Wildman–Crippen MR) is 127 cm³/mol. The Morgan fingerprint density at radius 3 is 1.97 bits per heavy atom. The van der Waals surface area contributed by atoms with Crippen LogP contribution < -0.4 is 0 Å². The quantitative estimate of drug-likeness (QED) is 0.152. The van der Waals surface area contributed by atoms with Crippen LogP contribution in [-0.2, 0) is 28.7 Å². The van der Waals surface area contributed by atoms with E-state index in [4.69, 9.17) is 14.9 Å². The monoisotopic (exact) mass is 466 g/mol. The molecule has 0 radical (unpaired) electrons. The predicted octanol–water partition coefficient (Wildman–Crippen LogP) is 4.86. The number of carboxylic acid groups (broad SMARTS) is 2. The summed E-state index contributed by atoms with van der Waals surface area (Å²) in [6, 6.07) is 0. The number of hydrogen-bond acceptors (Lipinski definition) is 6.